The molecule has 0 atom stereocenters. The van der Waals surface area contributed by atoms with E-state index in [-0.39, 0.29) is 0 Å². The predicted octanol–water partition coefficient (Wildman–Crippen LogP) is 7.62. The number of imidazole rings is 1. The number of hydrogen-bond acceptors (Lipinski definition) is 16. The van der Waals surface area contributed by atoms with E-state index in [1.807, 2.05) is 128 Å². The topological polar surface area (TPSA) is 157 Å². The summed E-state index contributed by atoms with van der Waals surface area (Å²) in [6.07, 6.45) is 9.35. The van der Waals surface area contributed by atoms with Crippen LogP contribution in [0.15, 0.2) is 66.7 Å². The molecule has 0 aliphatic rings. The maximum absolute atomic E-state index is 4.46. The Morgan fingerprint density at radius 2 is 1.01 bits per heavy atom. The third kappa shape index (κ3) is 28.4. The Labute approximate surface area is 416 Å². The van der Waals surface area contributed by atoms with E-state index in [4.69, 9.17) is 0 Å². The third-order valence-electron chi connectivity index (χ3n) is 9.35. The van der Waals surface area contributed by atoms with E-state index in [2.05, 4.69) is 159 Å². The molecule has 382 valence electrons. The van der Waals surface area contributed by atoms with Crippen molar-refractivity contribution in [2.75, 3.05) is 95.0 Å². The molecular weight excluding hydrogens is 869 g/mol. The Hall–Kier alpha value is -4.91. The molecule has 0 aliphatic heterocycles. The molecule has 5 heterocycles. The lowest BCUT2D eigenvalue weighted by Gasteiger charge is -2.13. The summed E-state index contributed by atoms with van der Waals surface area (Å²) >= 11 is 1.68. The molecule has 0 aliphatic carbocycles. The van der Waals surface area contributed by atoms with Gasteiger partial charge in [0.1, 0.15) is 5.82 Å². The van der Waals surface area contributed by atoms with Crippen molar-refractivity contribution in [2.24, 2.45) is 0 Å². The molecule has 0 saturated heterocycles. The van der Waals surface area contributed by atoms with Crippen molar-refractivity contribution in [1.29, 1.82) is 0 Å². The third-order valence-corrected chi connectivity index (χ3v) is 10.4. The molecular formula is C51H92N16S. The monoisotopic (exact) mass is 961 g/mol. The summed E-state index contributed by atoms with van der Waals surface area (Å²) in [4.78, 5) is 34.8. The highest BCUT2D eigenvalue weighted by Crippen LogP contribution is 2.18. The normalized spacial score (nSPS) is 10.7. The highest BCUT2D eigenvalue weighted by Gasteiger charge is 2.05. The van der Waals surface area contributed by atoms with Crippen LogP contribution in [0, 0.1) is 0 Å². The molecule has 0 spiro atoms. The Morgan fingerprint density at radius 3 is 1.51 bits per heavy atom. The van der Waals surface area contributed by atoms with Gasteiger partial charge >= 0.3 is 0 Å². The number of nitrogens with zero attached hydrogens (tertiary/aromatic N) is 10. The Kier molecular flexibility index (Phi) is 30.2. The summed E-state index contributed by atoms with van der Waals surface area (Å²) in [5, 5.41) is 19.9. The second kappa shape index (κ2) is 33.6. The number of pyridine rings is 3. The van der Waals surface area contributed by atoms with Crippen LogP contribution in [-0.2, 0) is 32.7 Å². The smallest absolute Gasteiger partial charge is 0.202 e. The summed E-state index contributed by atoms with van der Waals surface area (Å²) < 4.78 is 0. The average Bonchev–Trinajstić information content (AvgIpc) is 3.98. The van der Waals surface area contributed by atoms with Crippen LogP contribution in [0.3, 0.4) is 0 Å². The van der Waals surface area contributed by atoms with Gasteiger partial charge in [-0.2, -0.15) is 0 Å². The minimum atomic E-state index is 0.500. The fourth-order valence-electron chi connectivity index (χ4n) is 5.29. The van der Waals surface area contributed by atoms with E-state index in [1.54, 1.807) is 11.3 Å². The first kappa shape index (κ1) is 61.1. The Morgan fingerprint density at radius 1 is 0.485 bits per heavy atom. The molecule has 68 heavy (non-hydrogen) atoms. The van der Waals surface area contributed by atoms with Crippen LogP contribution in [0.1, 0.15) is 97.4 Å². The molecule has 0 amide bonds. The lowest BCUT2D eigenvalue weighted by Crippen LogP contribution is -2.22. The summed E-state index contributed by atoms with van der Waals surface area (Å²) in [5.74, 6) is 1.91. The van der Waals surface area contributed by atoms with Crippen LogP contribution >= 0.6 is 11.3 Å². The fraction of sp³-hybridized carbons (Fsp3) is 0.588. The van der Waals surface area contributed by atoms with E-state index in [9.17, 15) is 0 Å². The van der Waals surface area contributed by atoms with Crippen LogP contribution in [0.5, 0.6) is 0 Å². The van der Waals surface area contributed by atoms with E-state index >= 15 is 0 Å². The molecule has 5 aromatic heterocycles. The van der Waals surface area contributed by atoms with Crippen LogP contribution in [0.25, 0.3) is 0 Å². The van der Waals surface area contributed by atoms with Gasteiger partial charge in [-0.05, 0) is 41.5 Å². The lowest BCUT2D eigenvalue weighted by molar-refractivity contribution is 0.581. The largest absolute Gasteiger partial charge is 0.378 e. The van der Waals surface area contributed by atoms with Crippen LogP contribution in [0.2, 0.25) is 0 Å². The minimum Gasteiger partial charge on any atom is -0.378 e. The highest BCUT2D eigenvalue weighted by molar-refractivity contribution is 7.13. The van der Waals surface area contributed by atoms with E-state index in [0.717, 1.165) is 72.4 Å². The number of anilines is 5. The van der Waals surface area contributed by atoms with Gasteiger partial charge < -0.3 is 56.1 Å². The summed E-state index contributed by atoms with van der Waals surface area (Å²) in [6, 6.07) is 13.0. The van der Waals surface area contributed by atoms with Crippen molar-refractivity contribution >= 4 is 39.6 Å². The zero-order chi connectivity index (χ0) is 51.3. The summed E-state index contributed by atoms with van der Waals surface area (Å²) in [5.41, 5.74) is 8.18. The first-order valence-electron chi connectivity index (χ1n) is 23.8. The molecule has 5 aromatic rings. The summed E-state index contributed by atoms with van der Waals surface area (Å²) in [6.45, 7) is 25.7. The number of aromatic amines is 1. The molecule has 0 bridgehead atoms. The average molecular weight is 961 g/mol. The maximum Gasteiger partial charge on any atom is 0.202 e. The Balaban J connectivity index is 0.000000425. The molecule has 0 unspecified atom stereocenters. The Bertz CT molecular complexity index is 1820. The van der Waals surface area contributed by atoms with Crippen molar-refractivity contribution in [3.05, 3.63) is 94.9 Å². The predicted molar refractivity (Wildman–Crippen MR) is 295 cm³/mol. The van der Waals surface area contributed by atoms with E-state index < -0.39 is 0 Å². The van der Waals surface area contributed by atoms with E-state index in [1.165, 1.54) is 16.8 Å². The molecule has 0 fully saturated rings. The van der Waals surface area contributed by atoms with Gasteiger partial charge in [-0.25, -0.2) is 15.0 Å². The molecule has 16 nitrogen and oxygen atoms in total. The highest BCUT2D eigenvalue weighted by atomic mass is 32.1. The molecule has 6 N–H and O–H groups in total. The van der Waals surface area contributed by atoms with Crippen LogP contribution < -0.4 is 51.1 Å². The number of nitrogens with one attached hydrogen (secondary N) is 6. The zero-order valence-electron chi connectivity index (χ0n) is 45.7. The number of rotatable bonds is 20. The number of aromatic nitrogens is 6. The van der Waals surface area contributed by atoms with Gasteiger partial charge in [-0.3, -0.25) is 9.97 Å². The maximum atomic E-state index is 4.46. The number of H-pyrrole nitrogens is 1. The molecule has 0 saturated carbocycles. The quantitative estimate of drug-likeness (QED) is 0.0453. The molecule has 0 aromatic carbocycles. The second-order valence-corrected chi connectivity index (χ2v) is 19.9. The SMILES string of the molecule is CC(C)NCc1cc(N(C)C)ccn1.CC(C)NCc1ccnc(N(C)C)c1.CC(C)NCc1cnc(N(C)C)[nH]1.CC(C)NCc1cncc(N(C)C)c1.CC(C)NCc1csc(N(C)C)n1. The van der Waals surface area contributed by atoms with Gasteiger partial charge in [0, 0.05) is 163 Å². The van der Waals surface area contributed by atoms with Crippen LogP contribution in [-0.4, -0.2) is 131 Å². The van der Waals surface area contributed by atoms with Gasteiger partial charge in [0.05, 0.1) is 35.2 Å². The lowest BCUT2D eigenvalue weighted by atomic mass is 10.2. The first-order chi connectivity index (χ1) is 32.0. The fourth-order valence-corrected chi connectivity index (χ4v) is 6.05. The van der Waals surface area contributed by atoms with Crippen molar-refractivity contribution < 1.29 is 0 Å². The van der Waals surface area contributed by atoms with Crippen molar-refractivity contribution in [3.8, 4) is 0 Å². The van der Waals surface area contributed by atoms with Gasteiger partial charge in [-0.15, -0.1) is 11.3 Å². The minimum absolute atomic E-state index is 0.500. The van der Waals surface area contributed by atoms with Crippen molar-refractivity contribution in [2.45, 2.75) is 132 Å². The van der Waals surface area contributed by atoms with Crippen molar-refractivity contribution in [3.63, 3.8) is 0 Å². The summed E-state index contributed by atoms with van der Waals surface area (Å²) in [7, 11) is 20.1. The standard InChI is InChI=1S/3C11H19N3.C9H18N4.C9H17N3S/c1-9(2)13-7-10-5-11(14(3)4)8-12-6-10;1-9(2)13-8-10-7-11(14(3)4)5-6-12-10;1-9(2)13-8-10-5-6-12-11(7-10)14(3)4;1-7(2)10-5-8-6-11-9(12-8)13(3)4;1-7(2)10-5-8-6-13-9(11-8)12(3)4/h5-6,8-9,13H,7H2,1-4H3;2*5-7,9,13H,8H2,1-4H3;6-7,10H,5H2,1-4H3,(H,11,12);6-7,10H,5H2,1-4H3. The zero-order valence-corrected chi connectivity index (χ0v) is 46.5. The first-order valence-corrected chi connectivity index (χ1v) is 24.7. The van der Waals surface area contributed by atoms with Gasteiger partial charge in [-0.1, -0.05) is 69.2 Å². The molecule has 17 heteroatoms. The molecule has 0 radical (unpaired) electrons. The second-order valence-electron chi connectivity index (χ2n) is 19.1. The van der Waals surface area contributed by atoms with Gasteiger partial charge in [0.2, 0.25) is 5.95 Å². The van der Waals surface area contributed by atoms with E-state index in [0.29, 0.717) is 30.2 Å². The number of thiazole rings is 1. The molecule has 5 rings (SSSR count). The van der Waals surface area contributed by atoms with Gasteiger partial charge in [0.15, 0.2) is 5.13 Å². The van der Waals surface area contributed by atoms with Crippen molar-refractivity contribution in [1.82, 2.24) is 56.5 Å². The van der Waals surface area contributed by atoms with Crippen LogP contribution in [0.4, 0.5) is 28.3 Å². The number of hydrogen-bond donors (Lipinski definition) is 6. The van der Waals surface area contributed by atoms with Gasteiger partial charge in [0.25, 0.3) is 0 Å².